The van der Waals surface area contributed by atoms with E-state index in [2.05, 4.69) is 5.32 Å². The molecular formula is C35H56BN3O8. The highest BCUT2D eigenvalue weighted by molar-refractivity contribution is 6.45. The lowest BCUT2D eigenvalue weighted by Gasteiger charge is -2.35. The Bertz CT molecular complexity index is 1250. The Kier molecular flexibility index (Phi) is 12.2. The van der Waals surface area contributed by atoms with Crippen LogP contribution in [0, 0.1) is 5.92 Å². The molecule has 0 saturated carbocycles. The van der Waals surface area contributed by atoms with Gasteiger partial charge in [-0.05, 0) is 72.7 Å². The number of alkyl carbamates (subject to hydrolysis) is 1. The molecule has 3 amide bonds. The third-order valence-electron chi connectivity index (χ3n) is 9.54. The number of esters is 1. The van der Waals surface area contributed by atoms with Crippen LogP contribution >= 0.6 is 0 Å². The SMILES string of the molecule is CC(=O)N1C[C@H](N(C)C(=O)[C@@H](NC(=O)OC(C)(C)C)C(C)C)C[C@]1(CCCCB1OC(C)(C)C(C)(C)O1)C(=O)OCc1ccccc1. The Morgan fingerprint density at radius 1 is 1.04 bits per heavy atom. The van der Waals surface area contributed by atoms with E-state index in [1.165, 1.54) is 6.92 Å². The van der Waals surface area contributed by atoms with Crippen LogP contribution < -0.4 is 5.32 Å². The zero-order chi connectivity index (χ0) is 35.4. The summed E-state index contributed by atoms with van der Waals surface area (Å²) in [6, 6.07) is 8.04. The molecule has 0 spiro atoms. The van der Waals surface area contributed by atoms with Crippen molar-refractivity contribution in [2.75, 3.05) is 13.6 Å². The minimum Gasteiger partial charge on any atom is -0.459 e. The quantitative estimate of drug-likeness (QED) is 0.181. The van der Waals surface area contributed by atoms with E-state index in [9.17, 15) is 19.2 Å². The second-order valence-corrected chi connectivity index (χ2v) is 15.3. The Labute approximate surface area is 281 Å². The fourth-order valence-electron chi connectivity index (χ4n) is 6.19. The summed E-state index contributed by atoms with van der Waals surface area (Å²) in [5.41, 5.74) is -2.04. The number of ether oxygens (including phenoxy) is 2. The number of carbonyl (C=O) groups excluding carboxylic acids is 4. The van der Waals surface area contributed by atoms with Gasteiger partial charge in [0.05, 0.1) is 17.2 Å². The summed E-state index contributed by atoms with van der Waals surface area (Å²) in [5.74, 6) is -1.34. The van der Waals surface area contributed by atoms with Crippen molar-refractivity contribution in [3.8, 4) is 0 Å². The highest BCUT2D eigenvalue weighted by atomic mass is 16.7. The predicted octanol–water partition coefficient (Wildman–Crippen LogP) is 5.36. The van der Waals surface area contributed by atoms with Crippen molar-refractivity contribution in [1.82, 2.24) is 15.1 Å². The van der Waals surface area contributed by atoms with Gasteiger partial charge >= 0.3 is 19.2 Å². The molecule has 0 aliphatic carbocycles. The molecule has 47 heavy (non-hydrogen) atoms. The van der Waals surface area contributed by atoms with Crippen molar-refractivity contribution in [1.29, 1.82) is 0 Å². The topological polar surface area (TPSA) is 124 Å². The first-order chi connectivity index (χ1) is 21.7. The normalized spacial score (nSPS) is 22.6. The molecule has 2 heterocycles. The van der Waals surface area contributed by atoms with E-state index in [4.69, 9.17) is 18.8 Å². The van der Waals surface area contributed by atoms with Gasteiger partial charge in [-0.25, -0.2) is 9.59 Å². The molecule has 2 aliphatic rings. The summed E-state index contributed by atoms with van der Waals surface area (Å²) >= 11 is 0. The number of nitrogens with zero attached hydrogens (tertiary/aromatic N) is 2. The molecule has 0 unspecified atom stereocenters. The van der Waals surface area contributed by atoms with Crippen LogP contribution in [0.2, 0.25) is 6.32 Å². The molecular weight excluding hydrogens is 601 g/mol. The van der Waals surface area contributed by atoms with Gasteiger partial charge in [0, 0.05) is 26.9 Å². The minimum atomic E-state index is -1.28. The molecule has 1 aromatic rings. The first-order valence-corrected chi connectivity index (χ1v) is 16.8. The van der Waals surface area contributed by atoms with Gasteiger partial charge in [0.15, 0.2) is 0 Å². The minimum absolute atomic E-state index is 0.0652. The van der Waals surface area contributed by atoms with E-state index in [-0.39, 0.29) is 44.4 Å². The fourth-order valence-corrected chi connectivity index (χ4v) is 6.19. The summed E-state index contributed by atoms with van der Waals surface area (Å²) in [6.07, 6.45) is 1.81. The van der Waals surface area contributed by atoms with Gasteiger partial charge in [-0.2, -0.15) is 0 Å². The van der Waals surface area contributed by atoms with E-state index < -0.39 is 46.5 Å². The van der Waals surface area contributed by atoms with Gasteiger partial charge in [-0.3, -0.25) is 9.59 Å². The summed E-state index contributed by atoms with van der Waals surface area (Å²) in [6.45, 7) is 18.7. The van der Waals surface area contributed by atoms with Gasteiger partial charge < -0.3 is 33.9 Å². The molecule has 0 aromatic heterocycles. The van der Waals surface area contributed by atoms with Crippen LogP contribution in [0.25, 0.3) is 0 Å². The zero-order valence-corrected chi connectivity index (χ0v) is 30.3. The highest BCUT2D eigenvalue weighted by Crippen LogP contribution is 2.40. The molecule has 3 atom stereocenters. The smallest absolute Gasteiger partial charge is 0.457 e. The number of nitrogens with one attached hydrogen (secondary N) is 1. The Morgan fingerprint density at radius 2 is 1.64 bits per heavy atom. The zero-order valence-electron chi connectivity index (χ0n) is 30.3. The maximum Gasteiger partial charge on any atom is 0.457 e. The third kappa shape index (κ3) is 9.50. The van der Waals surface area contributed by atoms with E-state index >= 15 is 0 Å². The average molecular weight is 658 g/mol. The molecule has 0 bridgehead atoms. The molecule has 12 heteroatoms. The number of carbonyl (C=O) groups is 4. The second kappa shape index (κ2) is 15.0. The first kappa shape index (κ1) is 38.3. The van der Waals surface area contributed by atoms with Crippen molar-refractivity contribution in [2.45, 2.75) is 142 Å². The maximum atomic E-state index is 14.1. The average Bonchev–Trinajstić information content (AvgIpc) is 3.45. The van der Waals surface area contributed by atoms with Crippen LogP contribution in [0.3, 0.4) is 0 Å². The molecule has 11 nitrogen and oxygen atoms in total. The fraction of sp³-hybridized carbons (Fsp3) is 0.714. The molecule has 3 rings (SSSR count). The number of likely N-dealkylation sites (tertiary alicyclic amines) is 1. The number of rotatable bonds is 12. The molecule has 262 valence electrons. The van der Waals surface area contributed by atoms with Crippen molar-refractivity contribution in [3.05, 3.63) is 35.9 Å². The Balaban J connectivity index is 1.82. The first-order valence-electron chi connectivity index (χ1n) is 16.8. The van der Waals surface area contributed by atoms with E-state index in [1.807, 2.05) is 71.9 Å². The van der Waals surface area contributed by atoms with Crippen LogP contribution in [0.5, 0.6) is 0 Å². The van der Waals surface area contributed by atoms with Crippen molar-refractivity contribution in [2.24, 2.45) is 5.92 Å². The summed E-state index contributed by atoms with van der Waals surface area (Å²) in [5, 5.41) is 2.72. The number of likely N-dealkylation sites (N-methyl/N-ethyl adjacent to an activating group) is 1. The molecule has 1 aromatic carbocycles. The summed E-state index contributed by atoms with van der Waals surface area (Å²) in [4.78, 5) is 56.9. The van der Waals surface area contributed by atoms with Gasteiger partial charge in [0.2, 0.25) is 11.8 Å². The van der Waals surface area contributed by atoms with Crippen molar-refractivity contribution >= 4 is 31.0 Å². The molecule has 2 saturated heterocycles. The summed E-state index contributed by atoms with van der Waals surface area (Å²) in [7, 11) is 1.29. The van der Waals surface area contributed by atoms with Crippen LogP contribution in [-0.2, 0) is 39.8 Å². The Morgan fingerprint density at radius 3 is 2.17 bits per heavy atom. The van der Waals surface area contributed by atoms with Crippen LogP contribution in [0.1, 0.15) is 100 Å². The lowest BCUT2D eigenvalue weighted by molar-refractivity contribution is -0.163. The van der Waals surface area contributed by atoms with E-state index in [0.717, 1.165) is 5.56 Å². The largest absolute Gasteiger partial charge is 0.459 e. The Hall–Kier alpha value is -3.12. The number of hydrogen-bond acceptors (Lipinski definition) is 8. The number of hydrogen-bond donors (Lipinski definition) is 1. The summed E-state index contributed by atoms with van der Waals surface area (Å²) < 4.78 is 23.6. The standard InChI is InChI=1S/C35H56BN3O8/c1-24(2)28(37-31(43)45-32(4,5)6)29(41)38(11)27-21-35(39(22-27)25(3)40,30(42)44-23-26-17-13-12-14-18-26)19-15-16-20-36-46-33(7,8)34(9,10)47-36/h12-14,17-18,24,27-28H,15-16,19-23H2,1-11H3,(H,37,43)/t27-,28+,35-/m1/s1. The maximum absolute atomic E-state index is 14.1. The number of benzene rings is 1. The monoisotopic (exact) mass is 657 g/mol. The number of amides is 3. The van der Waals surface area contributed by atoms with Crippen LogP contribution in [0.4, 0.5) is 4.79 Å². The third-order valence-corrected chi connectivity index (χ3v) is 9.54. The number of unbranched alkanes of at least 4 members (excludes halogenated alkanes) is 1. The molecule has 0 radical (unpaired) electrons. The van der Waals surface area contributed by atoms with Gasteiger partial charge in [0.25, 0.3) is 0 Å². The van der Waals surface area contributed by atoms with E-state index in [0.29, 0.717) is 25.6 Å². The van der Waals surface area contributed by atoms with Gasteiger partial charge in [-0.15, -0.1) is 0 Å². The van der Waals surface area contributed by atoms with Crippen molar-refractivity contribution < 1.29 is 38.0 Å². The molecule has 2 fully saturated rings. The van der Waals surface area contributed by atoms with Crippen LogP contribution in [0.15, 0.2) is 30.3 Å². The highest BCUT2D eigenvalue weighted by Gasteiger charge is 2.55. The lowest BCUT2D eigenvalue weighted by atomic mass is 9.80. The molecule has 1 N–H and O–H groups in total. The van der Waals surface area contributed by atoms with Gasteiger partial charge in [-0.1, -0.05) is 57.0 Å². The second-order valence-electron chi connectivity index (χ2n) is 15.3. The molecule has 2 aliphatic heterocycles. The van der Waals surface area contributed by atoms with Gasteiger partial charge in [0.1, 0.15) is 23.8 Å². The van der Waals surface area contributed by atoms with Crippen LogP contribution in [-0.4, -0.2) is 88.8 Å². The lowest BCUT2D eigenvalue weighted by Crippen LogP contribution is -2.54. The van der Waals surface area contributed by atoms with E-state index in [1.54, 1.807) is 37.6 Å². The van der Waals surface area contributed by atoms with Crippen molar-refractivity contribution in [3.63, 3.8) is 0 Å². The predicted molar refractivity (Wildman–Crippen MR) is 180 cm³/mol.